The molecule has 0 aliphatic carbocycles. The van der Waals surface area contributed by atoms with Gasteiger partial charge in [0.2, 0.25) is 0 Å². The third kappa shape index (κ3) is 3.41. The number of hydrogen-bond acceptors (Lipinski definition) is 4. The topological polar surface area (TPSA) is 58.6 Å². The molecule has 2 aromatic heterocycles. The number of carbonyl (C=O) groups excluding carboxylic acids is 1. The standard InChI is InChI=1S/C20H15N3OS/c24-19(18-12-25-13-22-18)10-14-6-8-15(9-7-14)17-11-21-20(23-17)16-4-2-1-3-5-16/h1-9,11-13H,10H2,(H,21,23). The average Bonchev–Trinajstić information content (AvgIpc) is 3.35. The Bertz CT molecular complexity index is 973. The van der Waals surface area contributed by atoms with E-state index in [1.165, 1.54) is 11.3 Å². The molecular formula is C20H15N3OS. The highest BCUT2D eigenvalue weighted by Crippen LogP contribution is 2.22. The maximum atomic E-state index is 12.1. The Hall–Kier alpha value is -3.05. The molecule has 4 aromatic rings. The molecule has 1 N–H and O–H groups in total. The number of nitrogens with zero attached hydrogens (tertiary/aromatic N) is 2. The zero-order chi connectivity index (χ0) is 17.1. The molecule has 0 saturated heterocycles. The highest BCUT2D eigenvalue weighted by Gasteiger charge is 2.10. The number of ketones is 1. The summed E-state index contributed by atoms with van der Waals surface area (Å²) in [6.07, 6.45) is 2.19. The predicted molar refractivity (Wildman–Crippen MR) is 99.6 cm³/mol. The summed E-state index contributed by atoms with van der Waals surface area (Å²) in [4.78, 5) is 24.0. The Balaban J connectivity index is 1.51. The lowest BCUT2D eigenvalue weighted by atomic mass is 10.0. The number of carbonyl (C=O) groups is 1. The number of Topliss-reactive ketones (excluding diaryl/α,β-unsaturated/α-hetero) is 1. The average molecular weight is 345 g/mol. The third-order valence-corrected chi connectivity index (χ3v) is 4.56. The summed E-state index contributed by atoms with van der Waals surface area (Å²) in [5.74, 6) is 0.889. The van der Waals surface area contributed by atoms with Crippen LogP contribution in [0.5, 0.6) is 0 Å². The fourth-order valence-corrected chi connectivity index (χ4v) is 3.20. The van der Waals surface area contributed by atoms with E-state index in [2.05, 4.69) is 15.0 Å². The van der Waals surface area contributed by atoms with E-state index in [0.29, 0.717) is 12.1 Å². The van der Waals surface area contributed by atoms with Crippen molar-refractivity contribution < 1.29 is 4.79 Å². The van der Waals surface area contributed by atoms with Crippen molar-refractivity contribution in [2.24, 2.45) is 0 Å². The zero-order valence-corrected chi connectivity index (χ0v) is 14.2. The molecule has 2 heterocycles. The highest BCUT2D eigenvalue weighted by molar-refractivity contribution is 7.07. The SMILES string of the molecule is O=C(Cc1ccc(-c2cnc(-c3ccccc3)[nH]2)cc1)c1cscn1. The largest absolute Gasteiger partial charge is 0.338 e. The molecule has 0 fully saturated rings. The zero-order valence-electron chi connectivity index (χ0n) is 13.3. The van der Waals surface area contributed by atoms with E-state index < -0.39 is 0 Å². The molecule has 0 saturated carbocycles. The van der Waals surface area contributed by atoms with Crippen LogP contribution in [0, 0.1) is 0 Å². The lowest BCUT2D eigenvalue weighted by molar-refractivity contribution is 0.0989. The molecule has 0 amide bonds. The number of aromatic amines is 1. The fraction of sp³-hybridized carbons (Fsp3) is 0.0500. The maximum absolute atomic E-state index is 12.1. The Morgan fingerprint density at radius 2 is 1.76 bits per heavy atom. The second-order valence-electron chi connectivity index (χ2n) is 5.68. The highest BCUT2D eigenvalue weighted by atomic mass is 32.1. The van der Waals surface area contributed by atoms with Gasteiger partial charge in [0.15, 0.2) is 5.78 Å². The summed E-state index contributed by atoms with van der Waals surface area (Å²) in [6.45, 7) is 0. The number of nitrogens with one attached hydrogen (secondary N) is 1. The van der Waals surface area contributed by atoms with Gasteiger partial charge in [-0.3, -0.25) is 4.79 Å². The number of H-pyrrole nitrogens is 1. The quantitative estimate of drug-likeness (QED) is 0.537. The number of hydrogen-bond donors (Lipinski definition) is 1. The van der Waals surface area contributed by atoms with Crippen LogP contribution in [0.4, 0.5) is 0 Å². The minimum absolute atomic E-state index is 0.0434. The molecule has 5 heteroatoms. The number of benzene rings is 2. The Kier molecular flexibility index (Phi) is 4.23. The van der Waals surface area contributed by atoms with E-state index in [1.807, 2.05) is 60.8 Å². The molecule has 25 heavy (non-hydrogen) atoms. The molecule has 4 rings (SSSR count). The van der Waals surface area contributed by atoms with Gasteiger partial charge in [-0.1, -0.05) is 54.6 Å². The summed E-state index contributed by atoms with van der Waals surface area (Å²) < 4.78 is 0. The molecule has 122 valence electrons. The van der Waals surface area contributed by atoms with E-state index in [4.69, 9.17) is 0 Å². The number of rotatable bonds is 5. The molecule has 0 atom stereocenters. The van der Waals surface area contributed by atoms with Crippen molar-refractivity contribution in [2.75, 3.05) is 0 Å². The normalized spacial score (nSPS) is 10.7. The van der Waals surface area contributed by atoms with Gasteiger partial charge in [0.05, 0.1) is 17.4 Å². The van der Waals surface area contributed by atoms with Crippen LogP contribution in [0.2, 0.25) is 0 Å². The Morgan fingerprint density at radius 3 is 2.48 bits per heavy atom. The Morgan fingerprint density at radius 1 is 0.960 bits per heavy atom. The van der Waals surface area contributed by atoms with Gasteiger partial charge in [-0.2, -0.15) is 0 Å². The molecule has 4 nitrogen and oxygen atoms in total. The second-order valence-corrected chi connectivity index (χ2v) is 6.40. The van der Waals surface area contributed by atoms with Crippen LogP contribution in [-0.2, 0) is 6.42 Å². The first-order chi connectivity index (χ1) is 12.3. The number of thiazole rings is 1. The van der Waals surface area contributed by atoms with E-state index in [-0.39, 0.29) is 5.78 Å². The first-order valence-corrected chi connectivity index (χ1v) is 8.85. The van der Waals surface area contributed by atoms with Crippen LogP contribution < -0.4 is 0 Å². The minimum Gasteiger partial charge on any atom is -0.338 e. The van der Waals surface area contributed by atoms with Gasteiger partial charge in [0.25, 0.3) is 0 Å². The van der Waals surface area contributed by atoms with Gasteiger partial charge >= 0.3 is 0 Å². The van der Waals surface area contributed by atoms with Gasteiger partial charge in [-0.05, 0) is 11.1 Å². The molecular weight excluding hydrogens is 330 g/mol. The van der Waals surface area contributed by atoms with Gasteiger partial charge in [-0.15, -0.1) is 11.3 Å². The molecule has 0 radical (unpaired) electrons. The van der Waals surface area contributed by atoms with Crippen molar-refractivity contribution in [3.63, 3.8) is 0 Å². The summed E-state index contributed by atoms with van der Waals surface area (Å²) in [5.41, 5.74) is 6.24. The molecule has 0 aliphatic heterocycles. The van der Waals surface area contributed by atoms with Crippen LogP contribution >= 0.6 is 11.3 Å². The second kappa shape index (κ2) is 6.83. The first-order valence-electron chi connectivity index (χ1n) is 7.91. The van der Waals surface area contributed by atoms with Crippen LogP contribution in [0.1, 0.15) is 16.1 Å². The van der Waals surface area contributed by atoms with Crippen molar-refractivity contribution >= 4 is 17.1 Å². The van der Waals surface area contributed by atoms with Gasteiger partial charge < -0.3 is 4.98 Å². The maximum Gasteiger partial charge on any atom is 0.186 e. The van der Waals surface area contributed by atoms with Crippen LogP contribution in [0.3, 0.4) is 0 Å². The van der Waals surface area contributed by atoms with Crippen LogP contribution in [0.15, 0.2) is 71.7 Å². The lowest BCUT2D eigenvalue weighted by Crippen LogP contribution is -2.03. The molecule has 0 unspecified atom stereocenters. The van der Waals surface area contributed by atoms with Crippen molar-refractivity contribution in [3.05, 3.63) is 82.9 Å². The van der Waals surface area contributed by atoms with Crippen molar-refractivity contribution in [3.8, 4) is 22.6 Å². The monoisotopic (exact) mass is 345 g/mol. The summed E-state index contributed by atoms with van der Waals surface area (Å²) >= 11 is 1.44. The van der Waals surface area contributed by atoms with Crippen molar-refractivity contribution in [2.45, 2.75) is 6.42 Å². The van der Waals surface area contributed by atoms with E-state index in [9.17, 15) is 4.79 Å². The van der Waals surface area contributed by atoms with Gasteiger partial charge in [0, 0.05) is 17.4 Å². The molecule has 0 aliphatic rings. The molecule has 0 spiro atoms. The summed E-state index contributed by atoms with van der Waals surface area (Å²) in [5, 5.41) is 1.78. The van der Waals surface area contributed by atoms with Crippen molar-refractivity contribution in [1.82, 2.24) is 15.0 Å². The van der Waals surface area contributed by atoms with Gasteiger partial charge in [-0.25, -0.2) is 9.97 Å². The lowest BCUT2D eigenvalue weighted by Gasteiger charge is -2.02. The summed E-state index contributed by atoms with van der Waals surface area (Å²) in [7, 11) is 0. The van der Waals surface area contributed by atoms with E-state index in [0.717, 1.165) is 28.2 Å². The smallest absolute Gasteiger partial charge is 0.186 e. The van der Waals surface area contributed by atoms with Crippen molar-refractivity contribution in [1.29, 1.82) is 0 Å². The number of aromatic nitrogens is 3. The van der Waals surface area contributed by atoms with E-state index in [1.54, 1.807) is 10.9 Å². The first kappa shape index (κ1) is 15.5. The fourth-order valence-electron chi connectivity index (χ4n) is 2.64. The summed E-state index contributed by atoms with van der Waals surface area (Å²) in [6, 6.07) is 18.0. The molecule has 2 aromatic carbocycles. The molecule has 0 bridgehead atoms. The van der Waals surface area contributed by atoms with E-state index >= 15 is 0 Å². The Labute approximate surface area is 149 Å². The van der Waals surface area contributed by atoms with Crippen LogP contribution in [0.25, 0.3) is 22.6 Å². The van der Waals surface area contributed by atoms with Crippen LogP contribution in [-0.4, -0.2) is 20.7 Å². The number of imidazole rings is 1. The van der Waals surface area contributed by atoms with Gasteiger partial charge in [0.1, 0.15) is 11.5 Å². The minimum atomic E-state index is 0.0434. The third-order valence-electron chi connectivity index (χ3n) is 3.97. The predicted octanol–water partition coefficient (Wildman–Crippen LogP) is 4.63.